The summed E-state index contributed by atoms with van der Waals surface area (Å²) in [6, 6.07) is 52.4. The van der Waals surface area contributed by atoms with Crippen molar-refractivity contribution in [3.63, 3.8) is 0 Å². The lowest BCUT2D eigenvalue weighted by Gasteiger charge is -2.12. The van der Waals surface area contributed by atoms with Crippen LogP contribution in [0.3, 0.4) is 0 Å². The van der Waals surface area contributed by atoms with Gasteiger partial charge in [0.15, 0.2) is 0 Å². The molecule has 0 N–H and O–H groups in total. The topological polar surface area (TPSA) is 9.86 Å². The Kier molecular flexibility index (Phi) is 7.22. The van der Waals surface area contributed by atoms with Crippen LogP contribution in [0.4, 0.5) is 0 Å². The summed E-state index contributed by atoms with van der Waals surface area (Å²) in [6.45, 7) is 13.6. The minimum atomic E-state index is 1.01. The third-order valence-corrected chi connectivity index (χ3v) is 9.96. The second-order valence-electron chi connectivity index (χ2n) is 12.8. The van der Waals surface area contributed by atoms with Gasteiger partial charge in [0, 0.05) is 44.7 Å². The number of hydrogen-bond donors (Lipinski definition) is 0. The van der Waals surface area contributed by atoms with Gasteiger partial charge in [-0.25, -0.2) is 0 Å². The van der Waals surface area contributed by atoms with E-state index in [2.05, 4.69) is 182 Å². The second kappa shape index (κ2) is 11.7. The Bertz CT molecular complexity index is 2320. The van der Waals surface area contributed by atoms with Gasteiger partial charge in [-0.15, -0.1) is 0 Å². The molecule has 0 bridgehead atoms. The maximum absolute atomic E-state index is 4.70. The van der Waals surface area contributed by atoms with Gasteiger partial charge in [0.2, 0.25) is 0 Å². The highest BCUT2D eigenvalue weighted by Crippen LogP contribution is 2.42. The lowest BCUT2D eigenvalue weighted by atomic mass is 9.94. The summed E-state index contributed by atoms with van der Waals surface area (Å²) in [5.41, 5.74) is 18.0. The zero-order valence-corrected chi connectivity index (χ0v) is 28.0. The van der Waals surface area contributed by atoms with Gasteiger partial charge in [-0.3, -0.25) is 0 Å². The molecule has 0 aliphatic rings. The van der Waals surface area contributed by atoms with Crippen LogP contribution in [0.15, 0.2) is 152 Å². The van der Waals surface area contributed by atoms with E-state index in [0.29, 0.717) is 0 Å². The van der Waals surface area contributed by atoms with Crippen molar-refractivity contribution in [1.82, 2.24) is 9.13 Å². The van der Waals surface area contributed by atoms with E-state index in [1.54, 1.807) is 0 Å². The molecule has 0 saturated carbocycles. The third kappa shape index (κ3) is 4.72. The number of benzene rings is 6. The first-order chi connectivity index (χ1) is 23.4. The molecule has 2 heteroatoms. The summed E-state index contributed by atoms with van der Waals surface area (Å²) in [6.07, 6.45) is 0. The number of hydrogen-bond acceptors (Lipinski definition) is 0. The van der Waals surface area contributed by atoms with Crippen LogP contribution in [0.2, 0.25) is 0 Å². The normalized spacial score (nSPS) is 11.4. The Balaban J connectivity index is 1.32. The number of aromatic nitrogens is 2. The van der Waals surface area contributed by atoms with Crippen molar-refractivity contribution < 1.29 is 0 Å². The monoisotopic (exact) mass is 618 g/mol. The summed E-state index contributed by atoms with van der Waals surface area (Å²) in [5, 5.41) is 2.49. The summed E-state index contributed by atoms with van der Waals surface area (Å²) in [5.74, 6) is 0. The average molecular weight is 619 g/mol. The minimum absolute atomic E-state index is 1.01. The highest BCUT2D eigenvalue weighted by Gasteiger charge is 2.21. The molecule has 0 spiro atoms. The van der Waals surface area contributed by atoms with E-state index < -0.39 is 0 Å². The first kappa shape index (κ1) is 29.5. The van der Waals surface area contributed by atoms with Crippen molar-refractivity contribution in [2.75, 3.05) is 0 Å². The van der Waals surface area contributed by atoms with Gasteiger partial charge in [0.25, 0.3) is 0 Å². The van der Waals surface area contributed by atoms with Crippen molar-refractivity contribution in [2.24, 2.45) is 0 Å². The van der Waals surface area contributed by atoms with Gasteiger partial charge in [0.05, 0.1) is 11.0 Å². The fourth-order valence-corrected chi connectivity index (χ4v) is 7.58. The Labute approximate surface area is 282 Å². The number of para-hydroxylation sites is 2. The van der Waals surface area contributed by atoms with Crippen LogP contribution in [0.1, 0.15) is 33.6 Å². The van der Waals surface area contributed by atoms with Crippen LogP contribution in [0.5, 0.6) is 0 Å². The number of fused-ring (bicyclic) bond motifs is 2. The highest BCUT2D eigenvalue weighted by molar-refractivity contribution is 6.03. The lowest BCUT2D eigenvalue weighted by Crippen LogP contribution is -1.98. The van der Waals surface area contributed by atoms with E-state index in [-0.39, 0.29) is 0 Å². The lowest BCUT2D eigenvalue weighted by molar-refractivity contribution is 1.05. The zero-order valence-electron chi connectivity index (χ0n) is 28.0. The summed E-state index contributed by atoms with van der Waals surface area (Å²) >= 11 is 0. The molecule has 0 atom stereocenters. The largest absolute Gasteiger partial charge is 0.313 e. The fraction of sp³-hybridized carbons (Fsp3) is 0.0870. The molecular formula is C46H38N2. The molecule has 0 aliphatic carbocycles. The van der Waals surface area contributed by atoms with E-state index in [0.717, 1.165) is 28.1 Å². The van der Waals surface area contributed by atoms with E-state index >= 15 is 0 Å². The molecule has 232 valence electrons. The predicted octanol–water partition coefficient (Wildman–Crippen LogP) is 12.2. The third-order valence-electron chi connectivity index (χ3n) is 9.96. The molecule has 48 heavy (non-hydrogen) atoms. The van der Waals surface area contributed by atoms with Crippen LogP contribution in [-0.2, 0) is 0 Å². The Morgan fingerprint density at radius 1 is 0.438 bits per heavy atom. The highest BCUT2D eigenvalue weighted by atomic mass is 15.0. The smallest absolute Gasteiger partial charge is 0.0544 e. The molecule has 0 aliphatic heterocycles. The van der Waals surface area contributed by atoms with Crippen molar-refractivity contribution >= 4 is 27.4 Å². The van der Waals surface area contributed by atoms with E-state index in [1.807, 2.05) is 0 Å². The van der Waals surface area contributed by atoms with Crippen molar-refractivity contribution in [3.8, 4) is 33.6 Å². The number of rotatable bonds is 6. The van der Waals surface area contributed by atoms with Gasteiger partial charge in [-0.1, -0.05) is 116 Å². The average Bonchev–Trinajstić information content (AvgIpc) is 3.57. The van der Waals surface area contributed by atoms with E-state index in [4.69, 9.17) is 6.58 Å². The van der Waals surface area contributed by atoms with Crippen LogP contribution in [0, 0.1) is 27.7 Å². The van der Waals surface area contributed by atoms with Crippen LogP contribution in [0.25, 0.3) is 61.0 Å². The van der Waals surface area contributed by atoms with Crippen LogP contribution < -0.4 is 0 Å². The van der Waals surface area contributed by atoms with Gasteiger partial charge < -0.3 is 9.13 Å². The summed E-state index contributed by atoms with van der Waals surface area (Å²) in [7, 11) is 0. The molecular weight excluding hydrogens is 581 g/mol. The van der Waals surface area contributed by atoms with Gasteiger partial charge in [-0.05, 0) is 103 Å². The van der Waals surface area contributed by atoms with Crippen LogP contribution in [-0.4, -0.2) is 9.13 Å². The molecule has 8 rings (SSSR count). The van der Waals surface area contributed by atoms with Gasteiger partial charge in [0.1, 0.15) is 0 Å². The van der Waals surface area contributed by atoms with Crippen LogP contribution >= 0.6 is 0 Å². The molecule has 6 aromatic carbocycles. The van der Waals surface area contributed by atoms with Gasteiger partial charge in [-0.2, -0.15) is 0 Å². The SMILES string of the molecule is C=C(c1ccc2c(-c3ccccc3C)c(C)n(-c3ccccc3)c2c1)c1ccc2c(-c3ccccc3C)c(C)n(-c3ccccc3)c2c1. The van der Waals surface area contributed by atoms with Crippen molar-refractivity contribution in [3.05, 3.63) is 186 Å². The Morgan fingerprint density at radius 3 is 1.21 bits per heavy atom. The second-order valence-corrected chi connectivity index (χ2v) is 12.8. The van der Waals surface area contributed by atoms with Crippen molar-refractivity contribution in [2.45, 2.75) is 27.7 Å². The molecule has 0 unspecified atom stereocenters. The molecule has 2 nitrogen and oxygen atoms in total. The Hall–Kier alpha value is -5.86. The first-order valence-corrected chi connectivity index (χ1v) is 16.6. The van der Waals surface area contributed by atoms with E-state index in [9.17, 15) is 0 Å². The molecule has 0 radical (unpaired) electrons. The maximum Gasteiger partial charge on any atom is 0.0544 e. The standard InChI is InChI=1S/C46H38N2/c1-30-16-12-14-22-39(30)45-33(4)47(37-18-8-6-9-19-37)43-28-35(24-26-41(43)45)32(3)36-25-27-42-44(29-36)48(38-20-10-7-11-21-38)34(5)46(42)40-23-15-13-17-31(40)2/h6-29H,3H2,1-2,4-5H3. The zero-order chi connectivity index (χ0) is 32.9. The maximum atomic E-state index is 4.70. The number of nitrogens with zero attached hydrogens (tertiary/aromatic N) is 2. The molecule has 2 heterocycles. The summed E-state index contributed by atoms with van der Waals surface area (Å²) < 4.78 is 4.80. The molecule has 8 aromatic rings. The molecule has 2 aromatic heterocycles. The molecule has 0 saturated heterocycles. The molecule has 0 fully saturated rings. The molecule has 0 amide bonds. The number of aryl methyl sites for hydroxylation is 2. The van der Waals surface area contributed by atoms with Crippen molar-refractivity contribution in [1.29, 1.82) is 0 Å². The first-order valence-electron chi connectivity index (χ1n) is 16.6. The van der Waals surface area contributed by atoms with Gasteiger partial charge >= 0.3 is 0 Å². The minimum Gasteiger partial charge on any atom is -0.313 e. The predicted molar refractivity (Wildman–Crippen MR) is 205 cm³/mol. The summed E-state index contributed by atoms with van der Waals surface area (Å²) in [4.78, 5) is 0. The quantitative estimate of drug-likeness (QED) is 0.175. The van der Waals surface area contributed by atoms with E-state index in [1.165, 1.54) is 66.6 Å². The Morgan fingerprint density at radius 2 is 0.812 bits per heavy atom. The fourth-order valence-electron chi connectivity index (χ4n) is 7.58.